The van der Waals surface area contributed by atoms with Crippen molar-refractivity contribution < 1.29 is 22.7 Å². The van der Waals surface area contributed by atoms with E-state index in [9.17, 15) is 13.2 Å². The smallest absolute Gasteiger partial charge is 0.327 e. The quantitative estimate of drug-likeness (QED) is 0.230. The Hall–Kier alpha value is -3.44. The monoisotopic (exact) mass is 628 g/mol. The summed E-state index contributed by atoms with van der Waals surface area (Å²) in [6.07, 6.45) is 1.71. The summed E-state index contributed by atoms with van der Waals surface area (Å²) in [6.45, 7) is 7.27. The molecule has 2 heterocycles. The fourth-order valence-electron chi connectivity index (χ4n) is 4.75. The van der Waals surface area contributed by atoms with Gasteiger partial charge in [-0.05, 0) is 56.5 Å². The molecule has 4 aromatic rings. The number of anilines is 2. The molecule has 1 aliphatic heterocycles. The van der Waals surface area contributed by atoms with Gasteiger partial charge in [-0.15, -0.1) is 0 Å². The maximum absolute atomic E-state index is 14.1. The highest BCUT2D eigenvalue weighted by Gasteiger charge is 2.31. The van der Waals surface area contributed by atoms with Gasteiger partial charge in [0.15, 0.2) is 5.82 Å². The molecule has 1 fully saturated rings. The summed E-state index contributed by atoms with van der Waals surface area (Å²) in [5.41, 5.74) is 0.172. The van der Waals surface area contributed by atoms with Gasteiger partial charge in [0.25, 0.3) is 10.0 Å². The van der Waals surface area contributed by atoms with E-state index in [4.69, 9.17) is 37.7 Å². The third kappa shape index (κ3) is 6.62. The first-order chi connectivity index (χ1) is 19.9. The number of carbonyl (C=O) groups is 1. The molecule has 5 rings (SSSR count). The van der Waals surface area contributed by atoms with E-state index in [0.29, 0.717) is 35.4 Å². The third-order valence-corrected chi connectivity index (χ3v) is 8.68. The summed E-state index contributed by atoms with van der Waals surface area (Å²) < 4.78 is 40.2. The molecule has 9 nitrogen and oxygen atoms in total. The van der Waals surface area contributed by atoms with Crippen molar-refractivity contribution in [2.45, 2.75) is 31.3 Å². The van der Waals surface area contributed by atoms with Crippen LogP contribution in [0.1, 0.15) is 20.8 Å². The average Bonchev–Trinajstić information content (AvgIpc) is 2.94. The second-order valence-electron chi connectivity index (χ2n) is 10.7. The van der Waals surface area contributed by atoms with Crippen molar-refractivity contribution >= 4 is 61.5 Å². The van der Waals surface area contributed by atoms with Gasteiger partial charge in [-0.3, -0.25) is 9.10 Å². The number of benzene rings is 3. The standard InChI is InChI=1S/C30H30Cl2N4O5S/c1-30(2,3)41-28(37)19-36(42(38,39)22-17-20(31)16-21(32)18-22)26-9-5-6-23-24(26)7-4-8-25(23)29-33-11-10-27(34-29)35-12-14-40-15-13-35/h4-11,16-18H,12-15,19H2,1-3H3. The molecule has 0 saturated carbocycles. The number of sulfonamides is 1. The molecule has 220 valence electrons. The van der Waals surface area contributed by atoms with Gasteiger partial charge in [-0.25, -0.2) is 18.4 Å². The topological polar surface area (TPSA) is 102 Å². The molecule has 1 aliphatic rings. The zero-order valence-electron chi connectivity index (χ0n) is 23.4. The molecule has 1 aromatic heterocycles. The number of halogens is 2. The number of hydrogen-bond acceptors (Lipinski definition) is 8. The van der Waals surface area contributed by atoms with Gasteiger partial charge in [-0.1, -0.05) is 53.5 Å². The summed E-state index contributed by atoms with van der Waals surface area (Å²) >= 11 is 12.3. The van der Waals surface area contributed by atoms with Crippen molar-refractivity contribution in [3.05, 3.63) is 76.9 Å². The fourth-order valence-corrected chi connectivity index (χ4v) is 6.90. The molecule has 0 radical (unpaired) electrons. The minimum Gasteiger partial charge on any atom is -0.459 e. The van der Waals surface area contributed by atoms with Crippen LogP contribution in [0.15, 0.2) is 71.8 Å². The van der Waals surface area contributed by atoms with Gasteiger partial charge in [-0.2, -0.15) is 0 Å². The highest BCUT2D eigenvalue weighted by Crippen LogP contribution is 2.36. The first-order valence-electron chi connectivity index (χ1n) is 13.3. The van der Waals surface area contributed by atoms with Crippen LogP contribution in [0.2, 0.25) is 10.0 Å². The Bertz CT molecular complexity index is 1720. The van der Waals surface area contributed by atoms with E-state index in [-0.39, 0.29) is 20.6 Å². The van der Waals surface area contributed by atoms with E-state index in [0.717, 1.165) is 23.2 Å². The number of carbonyl (C=O) groups excluding carboxylic acids is 1. The van der Waals surface area contributed by atoms with E-state index in [2.05, 4.69) is 9.88 Å². The molecular formula is C30H30Cl2N4O5S. The second kappa shape index (κ2) is 12.0. The lowest BCUT2D eigenvalue weighted by Gasteiger charge is -2.28. The Morgan fingerprint density at radius 3 is 2.36 bits per heavy atom. The van der Waals surface area contributed by atoms with Crippen molar-refractivity contribution in [3.8, 4) is 11.4 Å². The number of morpholine rings is 1. The van der Waals surface area contributed by atoms with Crippen LogP contribution in [-0.2, 0) is 24.3 Å². The minimum atomic E-state index is -4.33. The molecule has 0 bridgehead atoms. The maximum Gasteiger partial charge on any atom is 0.327 e. The average molecular weight is 630 g/mol. The van der Waals surface area contributed by atoms with Crippen LogP contribution in [0.3, 0.4) is 0 Å². The molecule has 0 atom stereocenters. The number of esters is 1. The van der Waals surface area contributed by atoms with E-state index in [1.165, 1.54) is 18.2 Å². The van der Waals surface area contributed by atoms with Crippen LogP contribution in [0.5, 0.6) is 0 Å². The maximum atomic E-state index is 14.1. The van der Waals surface area contributed by atoms with Crippen LogP contribution in [0.4, 0.5) is 11.5 Å². The molecule has 0 N–H and O–H groups in total. The first-order valence-corrected chi connectivity index (χ1v) is 15.5. The van der Waals surface area contributed by atoms with Crippen molar-refractivity contribution in [2.24, 2.45) is 0 Å². The molecule has 0 spiro atoms. The summed E-state index contributed by atoms with van der Waals surface area (Å²) in [5.74, 6) is 0.558. The summed E-state index contributed by atoms with van der Waals surface area (Å²) in [5, 5.41) is 1.59. The van der Waals surface area contributed by atoms with Gasteiger partial charge in [0.05, 0.1) is 23.8 Å². The van der Waals surface area contributed by atoms with Crippen LogP contribution < -0.4 is 9.21 Å². The SMILES string of the molecule is CC(C)(C)OC(=O)CN(c1cccc2c(-c3nccc(N4CCOCC4)n3)cccc12)S(=O)(=O)c1cc(Cl)cc(Cl)c1. The van der Waals surface area contributed by atoms with E-state index in [1.807, 2.05) is 18.2 Å². The number of hydrogen-bond donors (Lipinski definition) is 0. The predicted octanol–water partition coefficient (Wildman–Crippen LogP) is 5.98. The van der Waals surface area contributed by atoms with Crippen molar-refractivity contribution in [3.63, 3.8) is 0 Å². The van der Waals surface area contributed by atoms with Crippen molar-refractivity contribution in [1.82, 2.24) is 9.97 Å². The Kier molecular flexibility index (Phi) is 8.61. The zero-order chi connectivity index (χ0) is 30.1. The molecule has 0 amide bonds. The molecular weight excluding hydrogens is 599 g/mol. The van der Waals surface area contributed by atoms with Gasteiger partial charge in [0.1, 0.15) is 18.0 Å². The molecule has 1 saturated heterocycles. The lowest BCUT2D eigenvalue weighted by molar-refractivity contribution is -0.152. The molecule has 12 heteroatoms. The zero-order valence-corrected chi connectivity index (χ0v) is 25.7. The summed E-state index contributed by atoms with van der Waals surface area (Å²) in [4.78, 5) is 24.4. The number of nitrogens with zero attached hydrogens (tertiary/aromatic N) is 4. The van der Waals surface area contributed by atoms with Crippen LogP contribution in [0, 0.1) is 0 Å². The van der Waals surface area contributed by atoms with Crippen LogP contribution in [0.25, 0.3) is 22.2 Å². The first kappa shape index (κ1) is 30.0. The Morgan fingerprint density at radius 2 is 1.67 bits per heavy atom. The van der Waals surface area contributed by atoms with Gasteiger partial charge in [0.2, 0.25) is 0 Å². The van der Waals surface area contributed by atoms with E-state index in [1.54, 1.807) is 51.2 Å². The number of ether oxygens (including phenoxy) is 2. The number of rotatable bonds is 7. The van der Waals surface area contributed by atoms with Crippen molar-refractivity contribution in [1.29, 1.82) is 0 Å². The second-order valence-corrected chi connectivity index (χ2v) is 13.5. The van der Waals surface area contributed by atoms with E-state index >= 15 is 0 Å². The van der Waals surface area contributed by atoms with Crippen LogP contribution >= 0.6 is 23.2 Å². The molecule has 0 unspecified atom stereocenters. The molecule has 3 aromatic carbocycles. The highest BCUT2D eigenvalue weighted by molar-refractivity contribution is 7.93. The van der Waals surface area contributed by atoms with Crippen LogP contribution in [-0.4, -0.2) is 62.8 Å². The lowest BCUT2D eigenvalue weighted by Crippen LogP contribution is -2.39. The normalized spacial score (nSPS) is 14.2. The minimum absolute atomic E-state index is 0.149. The van der Waals surface area contributed by atoms with E-state index < -0.39 is 28.1 Å². The Labute approximate surface area is 255 Å². The fraction of sp³-hybridized carbons (Fsp3) is 0.300. The highest BCUT2D eigenvalue weighted by atomic mass is 35.5. The molecule has 42 heavy (non-hydrogen) atoms. The predicted molar refractivity (Wildman–Crippen MR) is 165 cm³/mol. The largest absolute Gasteiger partial charge is 0.459 e. The van der Waals surface area contributed by atoms with Gasteiger partial charge >= 0.3 is 5.97 Å². The Balaban J connectivity index is 1.64. The number of fused-ring (bicyclic) bond motifs is 1. The third-order valence-electron chi connectivity index (χ3n) is 6.50. The van der Waals surface area contributed by atoms with Crippen molar-refractivity contribution in [2.75, 3.05) is 42.1 Å². The lowest BCUT2D eigenvalue weighted by atomic mass is 10.0. The molecule has 0 aliphatic carbocycles. The van der Waals surface area contributed by atoms with Gasteiger partial charge in [0, 0.05) is 40.3 Å². The summed E-state index contributed by atoms with van der Waals surface area (Å²) in [7, 11) is -4.33. The summed E-state index contributed by atoms with van der Waals surface area (Å²) in [6, 6.07) is 16.6. The van der Waals surface area contributed by atoms with Gasteiger partial charge < -0.3 is 14.4 Å². The Morgan fingerprint density at radius 1 is 1.00 bits per heavy atom. The number of aromatic nitrogens is 2.